The second-order valence-corrected chi connectivity index (χ2v) is 7.58. The molecule has 0 bridgehead atoms. The van der Waals surface area contributed by atoms with E-state index in [4.69, 9.17) is 16.3 Å². The lowest BCUT2D eigenvalue weighted by molar-refractivity contribution is -0.141. The largest absolute Gasteiger partial charge is 0.378 e. The number of rotatable bonds is 6. The van der Waals surface area contributed by atoms with Crippen molar-refractivity contribution in [3.63, 3.8) is 0 Å². The normalized spacial score (nSPS) is 19.1. The van der Waals surface area contributed by atoms with Crippen LogP contribution < -0.4 is 5.32 Å². The van der Waals surface area contributed by atoms with Gasteiger partial charge in [-0.15, -0.1) is 0 Å². The van der Waals surface area contributed by atoms with Crippen LogP contribution >= 0.6 is 11.6 Å². The van der Waals surface area contributed by atoms with E-state index in [-0.39, 0.29) is 17.7 Å². The number of morpholine rings is 1. The maximum absolute atomic E-state index is 12.6. The fraction of sp³-hybridized carbons (Fsp3) is 0.600. The van der Waals surface area contributed by atoms with Crippen molar-refractivity contribution in [2.45, 2.75) is 25.8 Å². The van der Waals surface area contributed by atoms with Gasteiger partial charge >= 0.3 is 0 Å². The van der Waals surface area contributed by atoms with Gasteiger partial charge in [0.25, 0.3) is 0 Å². The third-order valence-corrected chi connectivity index (χ3v) is 5.72. The summed E-state index contributed by atoms with van der Waals surface area (Å²) in [5.74, 6) is 0.422. The molecule has 3 rings (SSSR count). The minimum absolute atomic E-state index is 0.0291. The van der Waals surface area contributed by atoms with Crippen LogP contribution in [0.2, 0.25) is 5.02 Å². The zero-order valence-corrected chi connectivity index (χ0v) is 16.4. The van der Waals surface area contributed by atoms with Crippen LogP contribution in [-0.4, -0.2) is 67.6 Å². The molecule has 1 aromatic carbocycles. The third-order valence-electron chi connectivity index (χ3n) is 5.35. The summed E-state index contributed by atoms with van der Waals surface area (Å²) in [4.78, 5) is 28.9. The Balaban J connectivity index is 1.33. The van der Waals surface area contributed by atoms with E-state index in [1.54, 1.807) is 0 Å². The highest BCUT2D eigenvalue weighted by atomic mass is 35.5. The molecule has 1 N–H and O–H groups in total. The number of benzene rings is 1. The number of nitrogens with zero attached hydrogens (tertiary/aromatic N) is 2. The summed E-state index contributed by atoms with van der Waals surface area (Å²) in [5, 5.41) is 3.60. The van der Waals surface area contributed by atoms with Gasteiger partial charge in [-0.2, -0.15) is 0 Å². The van der Waals surface area contributed by atoms with E-state index in [1.165, 1.54) is 0 Å². The summed E-state index contributed by atoms with van der Waals surface area (Å²) >= 11 is 6.10. The van der Waals surface area contributed by atoms with E-state index in [1.807, 2.05) is 29.2 Å². The van der Waals surface area contributed by atoms with Crippen LogP contribution in [-0.2, 0) is 20.9 Å². The van der Waals surface area contributed by atoms with Crippen molar-refractivity contribution in [1.29, 1.82) is 0 Å². The van der Waals surface area contributed by atoms with E-state index >= 15 is 0 Å². The van der Waals surface area contributed by atoms with Crippen LogP contribution in [0.15, 0.2) is 24.3 Å². The van der Waals surface area contributed by atoms with Crippen molar-refractivity contribution in [2.24, 2.45) is 5.92 Å². The van der Waals surface area contributed by atoms with E-state index in [0.717, 1.165) is 38.0 Å². The predicted molar refractivity (Wildman–Crippen MR) is 104 cm³/mol. The molecule has 27 heavy (non-hydrogen) atoms. The average Bonchev–Trinajstić information content (AvgIpc) is 2.72. The van der Waals surface area contributed by atoms with Crippen molar-refractivity contribution in [1.82, 2.24) is 15.1 Å². The average molecular weight is 394 g/mol. The highest BCUT2D eigenvalue weighted by molar-refractivity contribution is 6.31. The Morgan fingerprint density at radius 3 is 2.52 bits per heavy atom. The molecule has 148 valence electrons. The lowest BCUT2D eigenvalue weighted by Gasteiger charge is -2.35. The van der Waals surface area contributed by atoms with Crippen LogP contribution in [0.1, 0.15) is 24.8 Å². The molecule has 6 nitrogen and oxygen atoms in total. The lowest BCUT2D eigenvalue weighted by Crippen LogP contribution is -2.47. The highest BCUT2D eigenvalue weighted by Gasteiger charge is 2.29. The third kappa shape index (κ3) is 5.92. The highest BCUT2D eigenvalue weighted by Crippen LogP contribution is 2.20. The van der Waals surface area contributed by atoms with Gasteiger partial charge in [-0.1, -0.05) is 29.8 Å². The van der Waals surface area contributed by atoms with Gasteiger partial charge in [0.2, 0.25) is 11.8 Å². The first-order valence-corrected chi connectivity index (χ1v) is 10.1. The van der Waals surface area contributed by atoms with E-state index in [0.29, 0.717) is 44.3 Å². The zero-order chi connectivity index (χ0) is 19.1. The molecule has 0 spiro atoms. The van der Waals surface area contributed by atoms with Gasteiger partial charge in [-0.3, -0.25) is 9.59 Å². The first-order chi connectivity index (χ1) is 13.1. The molecule has 2 heterocycles. The van der Waals surface area contributed by atoms with Crippen LogP contribution in [0.25, 0.3) is 0 Å². The number of halogens is 1. The van der Waals surface area contributed by atoms with Gasteiger partial charge in [0.05, 0.1) is 13.2 Å². The molecule has 0 aromatic heterocycles. The summed E-state index contributed by atoms with van der Waals surface area (Å²) in [5.41, 5.74) is 0.926. The van der Waals surface area contributed by atoms with E-state index in [9.17, 15) is 9.59 Å². The van der Waals surface area contributed by atoms with Crippen LogP contribution in [0, 0.1) is 5.92 Å². The number of carbonyl (C=O) groups is 2. The van der Waals surface area contributed by atoms with Gasteiger partial charge in [0.1, 0.15) is 0 Å². The molecule has 0 aliphatic carbocycles. The van der Waals surface area contributed by atoms with Crippen LogP contribution in [0.5, 0.6) is 0 Å². The van der Waals surface area contributed by atoms with Crippen molar-refractivity contribution in [3.8, 4) is 0 Å². The van der Waals surface area contributed by atoms with Crippen molar-refractivity contribution < 1.29 is 14.3 Å². The van der Waals surface area contributed by atoms with Crippen molar-refractivity contribution >= 4 is 23.4 Å². The second-order valence-electron chi connectivity index (χ2n) is 7.17. The molecule has 0 radical (unpaired) electrons. The van der Waals surface area contributed by atoms with Gasteiger partial charge in [0.15, 0.2) is 0 Å². The Kier molecular flexibility index (Phi) is 7.50. The summed E-state index contributed by atoms with van der Waals surface area (Å²) in [6, 6.07) is 7.53. The number of amides is 2. The summed E-state index contributed by atoms with van der Waals surface area (Å²) in [7, 11) is 0. The molecule has 0 atom stereocenters. The lowest BCUT2D eigenvalue weighted by atomic mass is 9.95. The minimum Gasteiger partial charge on any atom is -0.378 e. The molecule has 1 aromatic rings. The first-order valence-electron chi connectivity index (χ1n) is 9.72. The Morgan fingerprint density at radius 1 is 1.11 bits per heavy atom. The molecular formula is C20H28ClN3O3. The second kappa shape index (κ2) is 10.1. The summed E-state index contributed by atoms with van der Waals surface area (Å²) < 4.78 is 5.32. The van der Waals surface area contributed by atoms with Gasteiger partial charge in [-0.05, 0) is 37.6 Å². The zero-order valence-electron chi connectivity index (χ0n) is 15.7. The molecular weight excluding hydrogens is 366 g/mol. The standard InChI is InChI=1S/C20H28ClN3O3/c21-18-4-2-1-3-17(18)15-22-19(25)7-10-23-8-5-16(6-9-23)20(26)24-11-13-27-14-12-24/h1-4,16H,5-15H2,(H,22,25). The fourth-order valence-electron chi connectivity index (χ4n) is 3.63. The number of likely N-dealkylation sites (tertiary alicyclic amines) is 1. The van der Waals surface area contributed by atoms with E-state index < -0.39 is 0 Å². The first kappa shape index (κ1) is 20.1. The Labute approximate surface area is 165 Å². The van der Waals surface area contributed by atoms with Crippen molar-refractivity contribution in [3.05, 3.63) is 34.9 Å². The maximum Gasteiger partial charge on any atom is 0.225 e. The minimum atomic E-state index is 0.0291. The van der Waals surface area contributed by atoms with Gasteiger partial charge in [0, 0.05) is 43.5 Å². The number of nitrogens with one attached hydrogen (secondary N) is 1. The quantitative estimate of drug-likeness (QED) is 0.802. The molecule has 2 aliphatic rings. The summed E-state index contributed by atoms with van der Waals surface area (Å²) in [6.07, 6.45) is 2.21. The summed E-state index contributed by atoms with van der Waals surface area (Å²) in [6.45, 7) is 5.65. The Bertz CT molecular complexity index is 641. The number of hydrogen-bond acceptors (Lipinski definition) is 4. The molecule has 0 unspecified atom stereocenters. The Morgan fingerprint density at radius 2 is 1.81 bits per heavy atom. The molecule has 2 aliphatic heterocycles. The SMILES string of the molecule is O=C(CCN1CCC(C(=O)N2CCOCC2)CC1)NCc1ccccc1Cl. The molecule has 2 amide bonds. The van der Waals surface area contributed by atoms with Gasteiger partial charge < -0.3 is 19.9 Å². The van der Waals surface area contributed by atoms with Crippen LogP contribution in [0.3, 0.4) is 0 Å². The van der Waals surface area contributed by atoms with Gasteiger partial charge in [-0.25, -0.2) is 0 Å². The number of hydrogen-bond donors (Lipinski definition) is 1. The maximum atomic E-state index is 12.6. The fourth-order valence-corrected chi connectivity index (χ4v) is 3.83. The number of carbonyl (C=O) groups excluding carboxylic acids is 2. The molecule has 2 saturated heterocycles. The monoisotopic (exact) mass is 393 g/mol. The number of piperidine rings is 1. The molecule has 0 saturated carbocycles. The molecule has 7 heteroatoms. The predicted octanol–water partition coefficient (Wildman–Crippen LogP) is 1.92. The van der Waals surface area contributed by atoms with Crippen LogP contribution in [0.4, 0.5) is 0 Å². The molecule has 2 fully saturated rings. The number of ether oxygens (including phenoxy) is 1. The topological polar surface area (TPSA) is 61.9 Å². The Hall–Kier alpha value is -1.63. The van der Waals surface area contributed by atoms with E-state index in [2.05, 4.69) is 10.2 Å². The smallest absolute Gasteiger partial charge is 0.225 e. The van der Waals surface area contributed by atoms with Crippen molar-refractivity contribution in [2.75, 3.05) is 45.9 Å².